The predicted molar refractivity (Wildman–Crippen MR) is 67.5 cm³/mol. The molecule has 2 rings (SSSR count). The summed E-state index contributed by atoms with van der Waals surface area (Å²) < 4.78 is 0. The lowest BCUT2D eigenvalue weighted by Crippen LogP contribution is -2.53. The number of rotatable bonds is 4. The molecule has 1 fully saturated rings. The zero-order chi connectivity index (χ0) is 13.8. The molecule has 0 aliphatic carbocycles. The van der Waals surface area contributed by atoms with Crippen LogP contribution in [0.2, 0.25) is 0 Å². The zero-order valence-electron chi connectivity index (χ0n) is 10.7. The van der Waals surface area contributed by atoms with Crippen LogP contribution in [0.15, 0.2) is 12.4 Å². The first-order chi connectivity index (χ1) is 9.13. The van der Waals surface area contributed by atoms with Gasteiger partial charge in [-0.1, -0.05) is 0 Å². The van der Waals surface area contributed by atoms with Crippen LogP contribution in [0.25, 0.3) is 0 Å². The van der Waals surface area contributed by atoms with E-state index in [4.69, 9.17) is 5.84 Å². The maximum absolute atomic E-state index is 11.9. The minimum atomic E-state index is -0.0794. The summed E-state index contributed by atoms with van der Waals surface area (Å²) in [5.74, 6) is 5.51. The Morgan fingerprint density at radius 1 is 1.21 bits per heavy atom. The van der Waals surface area contributed by atoms with E-state index in [1.54, 1.807) is 0 Å². The monoisotopic (exact) mass is 264 g/mol. The van der Waals surface area contributed by atoms with Crippen molar-refractivity contribution in [1.82, 2.24) is 19.8 Å². The molecule has 0 spiro atoms. The third-order valence-electron chi connectivity index (χ3n) is 2.95. The molecule has 8 heteroatoms. The van der Waals surface area contributed by atoms with E-state index in [0.29, 0.717) is 18.1 Å². The number of nitrogens with two attached hydrogens (primary N) is 1. The van der Waals surface area contributed by atoms with E-state index in [9.17, 15) is 9.59 Å². The second-order valence-corrected chi connectivity index (χ2v) is 4.20. The van der Waals surface area contributed by atoms with Crippen molar-refractivity contribution in [1.29, 1.82) is 0 Å². The topological polar surface area (TPSA) is 104 Å². The first-order valence-electron chi connectivity index (χ1n) is 5.97. The van der Waals surface area contributed by atoms with Gasteiger partial charge in [-0.2, -0.15) is 0 Å². The molecule has 102 valence electrons. The summed E-state index contributed by atoms with van der Waals surface area (Å²) in [5.41, 5.74) is 2.99. The van der Waals surface area contributed by atoms with Gasteiger partial charge in [0.05, 0.1) is 31.2 Å². The van der Waals surface area contributed by atoms with E-state index in [1.807, 2.05) is 6.92 Å². The Balaban J connectivity index is 2.02. The summed E-state index contributed by atoms with van der Waals surface area (Å²) >= 11 is 0. The summed E-state index contributed by atoms with van der Waals surface area (Å²) in [6.45, 7) is 2.90. The first-order valence-corrected chi connectivity index (χ1v) is 5.97. The number of piperazine rings is 1. The highest BCUT2D eigenvalue weighted by Gasteiger charge is 2.28. The Kier molecular flexibility index (Phi) is 3.91. The van der Waals surface area contributed by atoms with Crippen molar-refractivity contribution >= 4 is 17.6 Å². The highest BCUT2D eigenvalue weighted by Crippen LogP contribution is 2.09. The zero-order valence-corrected chi connectivity index (χ0v) is 10.7. The number of nitrogens with zero attached hydrogens (tertiary/aromatic N) is 4. The molecule has 1 aromatic heterocycles. The van der Waals surface area contributed by atoms with E-state index in [-0.39, 0.29) is 31.4 Å². The van der Waals surface area contributed by atoms with Crippen LogP contribution in [0, 0.1) is 0 Å². The molecule has 0 aromatic carbocycles. The summed E-state index contributed by atoms with van der Waals surface area (Å²) in [4.78, 5) is 34.8. The third-order valence-corrected chi connectivity index (χ3v) is 2.95. The van der Waals surface area contributed by atoms with Gasteiger partial charge in [0.25, 0.3) is 0 Å². The number of hydrazine groups is 1. The Morgan fingerprint density at radius 3 is 2.47 bits per heavy atom. The number of anilines is 1. The van der Waals surface area contributed by atoms with E-state index < -0.39 is 0 Å². The molecule has 0 saturated carbocycles. The lowest BCUT2D eigenvalue weighted by atomic mass is 10.2. The van der Waals surface area contributed by atoms with Gasteiger partial charge in [-0.15, -0.1) is 0 Å². The van der Waals surface area contributed by atoms with Crippen molar-refractivity contribution in [3.8, 4) is 0 Å². The molecule has 0 atom stereocenters. The smallest absolute Gasteiger partial charge is 0.243 e. The highest BCUT2D eigenvalue weighted by molar-refractivity contribution is 5.92. The fraction of sp³-hybridized carbons (Fsp3) is 0.455. The van der Waals surface area contributed by atoms with Crippen LogP contribution in [0.5, 0.6) is 0 Å². The predicted octanol–water partition coefficient (Wildman–Crippen LogP) is -1.05. The lowest BCUT2D eigenvalue weighted by Gasteiger charge is -2.32. The molecule has 0 radical (unpaired) electrons. The van der Waals surface area contributed by atoms with E-state index in [1.165, 1.54) is 22.2 Å². The van der Waals surface area contributed by atoms with Crippen molar-refractivity contribution in [2.45, 2.75) is 13.5 Å². The van der Waals surface area contributed by atoms with Crippen LogP contribution < -0.4 is 11.3 Å². The number of hydrogen-bond acceptors (Lipinski definition) is 6. The number of aromatic nitrogens is 2. The minimum Gasteiger partial charge on any atom is -0.332 e. The van der Waals surface area contributed by atoms with Crippen LogP contribution >= 0.6 is 0 Å². The molecule has 3 N–H and O–H groups in total. The molecule has 0 unspecified atom stereocenters. The maximum Gasteiger partial charge on any atom is 0.243 e. The van der Waals surface area contributed by atoms with Crippen LogP contribution in [-0.4, -0.2) is 51.2 Å². The van der Waals surface area contributed by atoms with E-state index >= 15 is 0 Å². The van der Waals surface area contributed by atoms with Crippen LogP contribution in [0.4, 0.5) is 5.82 Å². The summed E-state index contributed by atoms with van der Waals surface area (Å²) in [5, 5.41) is 0. The second-order valence-electron chi connectivity index (χ2n) is 4.20. The lowest BCUT2D eigenvalue weighted by molar-refractivity contribution is -0.150. The number of likely N-dealkylation sites (N-methyl/N-ethyl adjacent to an activating group) is 1. The minimum absolute atomic E-state index is 0.0460. The van der Waals surface area contributed by atoms with Crippen molar-refractivity contribution in [2.75, 3.05) is 25.1 Å². The molecule has 19 heavy (non-hydrogen) atoms. The number of amides is 2. The van der Waals surface area contributed by atoms with Crippen LogP contribution in [-0.2, 0) is 16.1 Å². The quantitative estimate of drug-likeness (QED) is 0.531. The molecular formula is C11H16N6O2. The molecule has 1 saturated heterocycles. The van der Waals surface area contributed by atoms with Crippen molar-refractivity contribution in [3.63, 3.8) is 0 Å². The molecule has 1 aliphatic rings. The largest absolute Gasteiger partial charge is 0.332 e. The summed E-state index contributed by atoms with van der Waals surface area (Å²) in [6, 6.07) is 0. The molecule has 2 amide bonds. The second kappa shape index (κ2) is 5.61. The maximum atomic E-state index is 11.9. The van der Waals surface area contributed by atoms with Gasteiger partial charge in [0.2, 0.25) is 11.8 Å². The normalized spacial score (nSPS) is 15.9. The molecule has 2 heterocycles. The number of nitrogens with one attached hydrogen (secondary N) is 1. The van der Waals surface area contributed by atoms with Gasteiger partial charge in [-0.25, -0.2) is 10.8 Å². The third kappa shape index (κ3) is 2.97. The van der Waals surface area contributed by atoms with Crippen molar-refractivity contribution in [2.24, 2.45) is 5.84 Å². The number of carbonyl (C=O) groups is 2. The first kappa shape index (κ1) is 13.2. The number of hydrogen-bond donors (Lipinski definition) is 2. The Labute approximate surface area is 110 Å². The summed E-state index contributed by atoms with van der Waals surface area (Å²) in [6.07, 6.45) is 3.00. The SMILES string of the molecule is CCN1CC(=O)N(Cc2cnc(NN)cn2)CC1=O. The van der Waals surface area contributed by atoms with Gasteiger partial charge in [-0.3, -0.25) is 14.6 Å². The Bertz CT molecular complexity index is 475. The molecule has 1 aromatic rings. The van der Waals surface area contributed by atoms with E-state index in [0.717, 1.165) is 0 Å². The standard InChI is InChI=1S/C11H16N6O2/c1-2-16-6-11(19)17(7-10(16)18)5-8-3-14-9(15-12)4-13-8/h3-4H,2,5-7,12H2,1H3,(H,14,15). The number of nitrogen functional groups attached to an aromatic ring is 1. The fourth-order valence-corrected chi connectivity index (χ4v) is 1.84. The van der Waals surface area contributed by atoms with Gasteiger partial charge in [0.15, 0.2) is 5.82 Å². The van der Waals surface area contributed by atoms with Crippen molar-refractivity contribution < 1.29 is 9.59 Å². The number of carbonyl (C=O) groups excluding carboxylic acids is 2. The Morgan fingerprint density at radius 2 is 1.89 bits per heavy atom. The molecule has 1 aliphatic heterocycles. The molecule has 8 nitrogen and oxygen atoms in total. The van der Waals surface area contributed by atoms with E-state index in [2.05, 4.69) is 15.4 Å². The average molecular weight is 264 g/mol. The molecule has 0 bridgehead atoms. The summed E-state index contributed by atoms with van der Waals surface area (Å²) in [7, 11) is 0. The van der Waals surface area contributed by atoms with Crippen LogP contribution in [0.3, 0.4) is 0 Å². The van der Waals surface area contributed by atoms with Gasteiger partial charge < -0.3 is 15.2 Å². The fourth-order valence-electron chi connectivity index (χ4n) is 1.84. The van der Waals surface area contributed by atoms with Gasteiger partial charge in [0.1, 0.15) is 6.54 Å². The average Bonchev–Trinajstić information content (AvgIpc) is 2.43. The van der Waals surface area contributed by atoms with Gasteiger partial charge >= 0.3 is 0 Å². The highest BCUT2D eigenvalue weighted by atomic mass is 16.2. The van der Waals surface area contributed by atoms with Crippen LogP contribution in [0.1, 0.15) is 12.6 Å². The molecular weight excluding hydrogens is 248 g/mol. The van der Waals surface area contributed by atoms with Gasteiger partial charge in [0, 0.05) is 6.54 Å². The van der Waals surface area contributed by atoms with Crippen molar-refractivity contribution in [3.05, 3.63) is 18.1 Å². The Hall–Kier alpha value is -2.22. The van der Waals surface area contributed by atoms with Gasteiger partial charge in [-0.05, 0) is 6.92 Å².